The van der Waals surface area contributed by atoms with E-state index in [0.29, 0.717) is 49.8 Å². The van der Waals surface area contributed by atoms with Crippen LogP contribution in [0.5, 0.6) is 11.5 Å². The predicted octanol–water partition coefficient (Wildman–Crippen LogP) is 3.38. The van der Waals surface area contributed by atoms with Gasteiger partial charge in [-0.15, -0.1) is 0 Å². The Kier molecular flexibility index (Phi) is 7.67. The Bertz CT molecular complexity index is 1290. The van der Waals surface area contributed by atoms with Crippen molar-refractivity contribution >= 4 is 29.1 Å². The van der Waals surface area contributed by atoms with Crippen LogP contribution in [0.1, 0.15) is 12.8 Å². The molecule has 2 aliphatic heterocycles. The van der Waals surface area contributed by atoms with E-state index in [2.05, 4.69) is 10.2 Å². The Labute approximate surface area is 227 Å². The van der Waals surface area contributed by atoms with Gasteiger partial charge in [0, 0.05) is 24.5 Å². The molecule has 0 unspecified atom stereocenters. The molecule has 0 radical (unpaired) electrons. The van der Waals surface area contributed by atoms with Crippen molar-refractivity contribution in [1.82, 2.24) is 9.80 Å². The minimum Gasteiger partial charge on any atom is -0.497 e. The summed E-state index contributed by atoms with van der Waals surface area (Å²) in [6.45, 7) is 1.04. The van der Waals surface area contributed by atoms with E-state index in [-0.39, 0.29) is 30.9 Å². The van der Waals surface area contributed by atoms with E-state index in [1.807, 2.05) is 60.7 Å². The van der Waals surface area contributed by atoms with Crippen LogP contribution in [0, 0.1) is 0 Å². The van der Waals surface area contributed by atoms with Crippen molar-refractivity contribution in [3.63, 3.8) is 0 Å². The number of para-hydroxylation sites is 2. The maximum Gasteiger partial charge on any atom is 0.260 e. The summed E-state index contributed by atoms with van der Waals surface area (Å²) in [5, 5.41) is 2.86. The van der Waals surface area contributed by atoms with Gasteiger partial charge in [-0.05, 0) is 61.4 Å². The highest BCUT2D eigenvalue weighted by molar-refractivity contribution is 5.99. The summed E-state index contributed by atoms with van der Waals surface area (Å²) in [4.78, 5) is 45.1. The average molecular weight is 529 g/mol. The number of amides is 3. The van der Waals surface area contributed by atoms with Crippen LogP contribution < -0.4 is 19.7 Å². The molecule has 5 rings (SSSR count). The molecule has 1 spiro atoms. The normalized spacial score (nSPS) is 16.3. The van der Waals surface area contributed by atoms with Gasteiger partial charge in [-0.2, -0.15) is 0 Å². The van der Waals surface area contributed by atoms with Crippen LogP contribution in [0.2, 0.25) is 0 Å². The van der Waals surface area contributed by atoms with Gasteiger partial charge in [0.05, 0.1) is 13.8 Å². The Hall–Kier alpha value is -4.53. The number of likely N-dealkylation sites (tertiary alicyclic amines) is 1. The van der Waals surface area contributed by atoms with Gasteiger partial charge in [0.25, 0.3) is 11.8 Å². The fourth-order valence-electron chi connectivity index (χ4n) is 5.25. The van der Waals surface area contributed by atoms with Gasteiger partial charge in [0.2, 0.25) is 5.91 Å². The number of nitrogens with one attached hydrogen (secondary N) is 1. The smallest absolute Gasteiger partial charge is 0.260 e. The van der Waals surface area contributed by atoms with E-state index in [9.17, 15) is 14.4 Å². The molecule has 0 aromatic heterocycles. The van der Waals surface area contributed by atoms with Crippen molar-refractivity contribution in [2.24, 2.45) is 0 Å². The number of hydrogen-bond donors (Lipinski definition) is 1. The van der Waals surface area contributed by atoms with Crippen molar-refractivity contribution in [3.05, 3.63) is 84.9 Å². The topological polar surface area (TPSA) is 91.4 Å². The molecule has 3 aromatic carbocycles. The number of carbonyl (C=O) groups excluding carboxylic acids is 3. The van der Waals surface area contributed by atoms with Crippen LogP contribution in [-0.2, 0) is 14.4 Å². The zero-order valence-electron chi connectivity index (χ0n) is 21.9. The summed E-state index contributed by atoms with van der Waals surface area (Å²) in [6, 6.07) is 26.0. The first-order valence-corrected chi connectivity index (χ1v) is 13.0. The third-order valence-electron chi connectivity index (χ3n) is 7.34. The molecule has 2 heterocycles. The lowest BCUT2D eigenvalue weighted by Crippen LogP contribution is -2.57. The van der Waals surface area contributed by atoms with Crippen molar-refractivity contribution in [2.45, 2.75) is 18.4 Å². The minimum atomic E-state index is -0.821. The first-order valence-electron chi connectivity index (χ1n) is 13.0. The number of anilines is 2. The summed E-state index contributed by atoms with van der Waals surface area (Å²) in [7, 11) is 1.58. The van der Waals surface area contributed by atoms with Crippen LogP contribution in [0.15, 0.2) is 84.9 Å². The summed E-state index contributed by atoms with van der Waals surface area (Å²) >= 11 is 0. The molecule has 202 valence electrons. The standard InChI is InChI=1S/C30H32N4O5/c1-38-25-14-12-23(13-15-25)31-27(35)20-33-22-34(24-8-4-2-5-9-24)30(29(33)37)16-18-32(19-17-30)28(36)21-39-26-10-6-3-7-11-26/h2-15H,16-22H2,1H3,(H,31,35). The van der Waals surface area contributed by atoms with Gasteiger partial charge in [-0.3, -0.25) is 14.4 Å². The second-order valence-electron chi connectivity index (χ2n) is 9.70. The highest BCUT2D eigenvalue weighted by atomic mass is 16.5. The zero-order chi connectivity index (χ0) is 27.2. The number of rotatable bonds is 8. The maximum absolute atomic E-state index is 13.9. The van der Waals surface area contributed by atoms with Gasteiger partial charge >= 0.3 is 0 Å². The third kappa shape index (κ3) is 5.67. The van der Waals surface area contributed by atoms with Gasteiger partial charge < -0.3 is 29.5 Å². The van der Waals surface area contributed by atoms with Gasteiger partial charge in [0.15, 0.2) is 6.61 Å². The maximum atomic E-state index is 13.9. The number of benzene rings is 3. The first kappa shape index (κ1) is 26.1. The van der Waals surface area contributed by atoms with Crippen molar-refractivity contribution in [1.29, 1.82) is 0 Å². The van der Waals surface area contributed by atoms with E-state index in [4.69, 9.17) is 9.47 Å². The Balaban J connectivity index is 1.26. The molecule has 2 aliphatic rings. The summed E-state index contributed by atoms with van der Waals surface area (Å²) in [5.74, 6) is 0.859. The molecule has 2 fully saturated rings. The fourth-order valence-corrected chi connectivity index (χ4v) is 5.25. The molecule has 9 nitrogen and oxygen atoms in total. The second kappa shape index (κ2) is 11.5. The zero-order valence-corrected chi connectivity index (χ0v) is 21.9. The number of nitrogens with zero attached hydrogens (tertiary/aromatic N) is 3. The minimum absolute atomic E-state index is 0.0506. The molecule has 9 heteroatoms. The third-order valence-corrected chi connectivity index (χ3v) is 7.34. The monoisotopic (exact) mass is 528 g/mol. The Morgan fingerprint density at radius 3 is 2.15 bits per heavy atom. The number of ether oxygens (including phenoxy) is 2. The van der Waals surface area contributed by atoms with E-state index >= 15 is 0 Å². The second-order valence-corrected chi connectivity index (χ2v) is 9.70. The lowest BCUT2D eigenvalue weighted by Gasteiger charge is -2.43. The van der Waals surface area contributed by atoms with Crippen LogP contribution in [-0.4, -0.2) is 73.1 Å². The molecular weight excluding hydrogens is 496 g/mol. The molecule has 0 bridgehead atoms. The number of hydrogen-bond acceptors (Lipinski definition) is 6. The van der Waals surface area contributed by atoms with Gasteiger partial charge in [0.1, 0.15) is 23.6 Å². The molecule has 3 amide bonds. The SMILES string of the molecule is COc1ccc(NC(=O)CN2CN(c3ccccc3)C3(CCN(C(=O)COc4ccccc4)CC3)C2=O)cc1. The lowest BCUT2D eigenvalue weighted by molar-refractivity contribution is -0.140. The first-order chi connectivity index (χ1) is 19.0. The van der Waals surface area contributed by atoms with Gasteiger partial charge in [-0.25, -0.2) is 0 Å². The predicted molar refractivity (Wildman–Crippen MR) is 148 cm³/mol. The van der Waals surface area contributed by atoms with E-state index in [1.165, 1.54) is 0 Å². The quantitative estimate of drug-likeness (QED) is 0.482. The molecule has 0 aliphatic carbocycles. The highest BCUT2D eigenvalue weighted by Gasteiger charge is 2.54. The lowest BCUT2D eigenvalue weighted by atomic mass is 9.85. The van der Waals surface area contributed by atoms with Crippen LogP contribution in [0.25, 0.3) is 0 Å². The van der Waals surface area contributed by atoms with Crippen molar-refractivity contribution in [2.75, 3.05) is 50.2 Å². The number of piperidine rings is 1. The Morgan fingerprint density at radius 1 is 0.872 bits per heavy atom. The summed E-state index contributed by atoms with van der Waals surface area (Å²) < 4.78 is 10.8. The Morgan fingerprint density at radius 2 is 1.51 bits per heavy atom. The van der Waals surface area contributed by atoms with Gasteiger partial charge in [-0.1, -0.05) is 36.4 Å². The number of methoxy groups -OCH3 is 1. The summed E-state index contributed by atoms with van der Waals surface area (Å²) in [5.41, 5.74) is 0.724. The molecular formula is C30H32N4O5. The number of carbonyl (C=O) groups is 3. The van der Waals surface area contributed by atoms with Crippen LogP contribution in [0.4, 0.5) is 11.4 Å². The molecule has 2 saturated heterocycles. The molecule has 1 N–H and O–H groups in total. The van der Waals surface area contributed by atoms with Crippen LogP contribution in [0.3, 0.4) is 0 Å². The molecule has 39 heavy (non-hydrogen) atoms. The van der Waals surface area contributed by atoms with Crippen LogP contribution >= 0.6 is 0 Å². The fraction of sp³-hybridized carbons (Fsp3) is 0.300. The van der Waals surface area contributed by atoms with E-state index < -0.39 is 5.54 Å². The average Bonchev–Trinajstić information content (AvgIpc) is 3.23. The summed E-state index contributed by atoms with van der Waals surface area (Å²) in [6.07, 6.45) is 0.933. The highest BCUT2D eigenvalue weighted by Crippen LogP contribution is 2.39. The molecule has 3 aromatic rings. The van der Waals surface area contributed by atoms with Crippen molar-refractivity contribution < 1.29 is 23.9 Å². The van der Waals surface area contributed by atoms with E-state index in [1.54, 1.807) is 41.2 Å². The molecule has 0 saturated carbocycles. The van der Waals surface area contributed by atoms with E-state index in [0.717, 1.165) is 5.69 Å². The molecule has 0 atom stereocenters. The largest absolute Gasteiger partial charge is 0.497 e. The van der Waals surface area contributed by atoms with Crippen molar-refractivity contribution in [3.8, 4) is 11.5 Å².